The molecule has 2 heterocycles. The molecule has 6 nitrogen and oxygen atoms in total. The topological polar surface area (TPSA) is 67.7 Å². The van der Waals surface area contributed by atoms with Gasteiger partial charge >= 0.3 is 0 Å². The summed E-state index contributed by atoms with van der Waals surface area (Å²) in [5, 5.41) is 9.94. The minimum absolute atomic E-state index is 0.0413. The van der Waals surface area contributed by atoms with Gasteiger partial charge in [0.2, 0.25) is 5.95 Å². The molecule has 0 unspecified atom stereocenters. The Bertz CT molecular complexity index is 833. The van der Waals surface area contributed by atoms with Crippen molar-refractivity contribution in [3.8, 4) is 0 Å². The maximum absolute atomic E-state index is 13.8. The van der Waals surface area contributed by atoms with E-state index in [1.165, 1.54) is 12.1 Å². The molecule has 24 heavy (non-hydrogen) atoms. The van der Waals surface area contributed by atoms with E-state index in [9.17, 15) is 8.78 Å². The first kappa shape index (κ1) is 15.9. The van der Waals surface area contributed by atoms with Crippen molar-refractivity contribution in [2.45, 2.75) is 20.0 Å². The lowest BCUT2D eigenvalue weighted by Gasteiger charge is -2.09. The van der Waals surface area contributed by atoms with Gasteiger partial charge in [-0.2, -0.15) is 10.1 Å². The van der Waals surface area contributed by atoms with Gasteiger partial charge in [-0.15, -0.1) is 0 Å². The molecule has 0 fully saturated rings. The lowest BCUT2D eigenvalue weighted by atomic mass is 10.2. The molecule has 0 spiro atoms. The Balaban J connectivity index is 1.71. The number of nitrogens with one attached hydrogen (secondary N) is 2. The van der Waals surface area contributed by atoms with Crippen LogP contribution in [0.5, 0.6) is 0 Å². The average Bonchev–Trinajstić information content (AvgIpc) is 3.03. The van der Waals surface area contributed by atoms with E-state index >= 15 is 0 Å². The molecule has 0 aliphatic carbocycles. The highest BCUT2D eigenvalue weighted by Gasteiger charge is 2.08. The van der Waals surface area contributed by atoms with Crippen molar-refractivity contribution in [2.75, 3.05) is 10.6 Å². The number of aromatic nitrogens is 4. The molecule has 0 aliphatic heterocycles. The van der Waals surface area contributed by atoms with E-state index in [0.29, 0.717) is 11.3 Å². The van der Waals surface area contributed by atoms with Gasteiger partial charge in [0.1, 0.15) is 5.82 Å². The molecule has 1 aromatic carbocycles. The largest absolute Gasteiger partial charge is 0.363 e. The lowest BCUT2D eigenvalue weighted by molar-refractivity contribution is 0.616. The fourth-order valence-electron chi connectivity index (χ4n) is 2.11. The molecule has 0 aliphatic rings. The van der Waals surface area contributed by atoms with E-state index in [1.807, 2.05) is 6.92 Å². The molecule has 0 atom stereocenters. The third-order valence-electron chi connectivity index (χ3n) is 3.31. The van der Waals surface area contributed by atoms with Gasteiger partial charge in [0.25, 0.3) is 0 Å². The van der Waals surface area contributed by atoms with E-state index in [2.05, 4.69) is 25.7 Å². The Kier molecular flexibility index (Phi) is 4.64. The molecule has 0 amide bonds. The summed E-state index contributed by atoms with van der Waals surface area (Å²) in [5.41, 5.74) is 1.39. The number of rotatable bonds is 6. The van der Waals surface area contributed by atoms with Gasteiger partial charge in [-0.1, -0.05) is 12.1 Å². The number of nitrogens with zero attached hydrogens (tertiary/aromatic N) is 4. The summed E-state index contributed by atoms with van der Waals surface area (Å²) < 4.78 is 28.8. The standard InChI is InChI=1S/C16H16F2N6/c1-2-24-10-13(8-21-24)22-16-20-9-14(18)15(23-16)19-7-11-4-3-5-12(17)6-11/h3-6,8-10H,2,7H2,1H3,(H2,19,20,22,23). The second-order valence-corrected chi connectivity index (χ2v) is 5.08. The van der Waals surface area contributed by atoms with Crippen molar-refractivity contribution in [2.24, 2.45) is 0 Å². The van der Waals surface area contributed by atoms with Crippen LogP contribution in [0, 0.1) is 11.6 Å². The highest BCUT2D eigenvalue weighted by molar-refractivity contribution is 5.52. The molecule has 124 valence electrons. The number of aryl methyl sites for hydroxylation is 1. The first-order valence-corrected chi connectivity index (χ1v) is 7.44. The van der Waals surface area contributed by atoms with Crippen molar-refractivity contribution in [3.63, 3.8) is 0 Å². The minimum atomic E-state index is -0.582. The Morgan fingerprint density at radius 2 is 2.08 bits per heavy atom. The minimum Gasteiger partial charge on any atom is -0.363 e. The highest BCUT2D eigenvalue weighted by Crippen LogP contribution is 2.17. The molecule has 3 aromatic rings. The zero-order chi connectivity index (χ0) is 16.9. The highest BCUT2D eigenvalue weighted by atomic mass is 19.1. The van der Waals surface area contributed by atoms with E-state index in [1.54, 1.807) is 29.2 Å². The maximum atomic E-state index is 13.8. The third-order valence-corrected chi connectivity index (χ3v) is 3.31. The van der Waals surface area contributed by atoms with Crippen LogP contribution in [0.1, 0.15) is 12.5 Å². The van der Waals surface area contributed by atoms with Crippen LogP contribution in [0.3, 0.4) is 0 Å². The summed E-state index contributed by atoms with van der Waals surface area (Å²) >= 11 is 0. The van der Waals surface area contributed by atoms with Gasteiger partial charge in [-0.05, 0) is 24.6 Å². The molecule has 3 rings (SSSR count). The summed E-state index contributed by atoms with van der Waals surface area (Å²) in [6.45, 7) is 2.96. The Morgan fingerprint density at radius 3 is 2.83 bits per heavy atom. The quantitative estimate of drug-likeness (QED) is 0.726. The van der Waals surface area contributed by atoms with Crippen LogP contribution < -0.4 is 10.6 Å². The zero-order valence-corrected chi connectivity index (χ0v) is 13.0. The van der Waals surface area contributed by atoms with Crippen LogP contribution in [0.15, 0.2) is 42.9 Å². The molecule has 0 bridgehead atoms. The molecule has 2 aromatic heterocycles. The Labute approximate surface area is 137 Å². The molecular weight excluding hydrogens is 314 g/mol. The van der Waals surface area contributed by atoms with Crippen molar-refractivity contribution in [1.29, 1.82) is 0 Å². The van der Waals surface area contributed by atoms with Crippen LogP contribution in [0.25, 0.3) is 0 Å². The van der Waals surface area contributed by atoms with Gasteiger partial charge in [-0.3, -0.25) is 4.68 Å². The van der Waals surface area contributed by atoms with E-state index in [0.717, 1.165) is 12.7 Å². The van der Waals surface area contributed by atoms with Gasteiger partial charge in [0.15, 0.2) is 11.6 Å². The maximum Gasteiger partial charge on any atom is 0.229 e. The molecule has 0 saturated carbocycles. The number of hydrogen-bond acceptors (Lipinski definition) is 5. The fourth-order valence-corrected chi connectivity index (χ4v) is 2.11. The number of halogens is 2. The first-order valence-electron chi connectivity index (χ1n) is 7.44. The van der Waals surface area contributed by atoms with Crippen LogP contribution in [0.4, 0.5) is 26.2 Å². The fraction of sp³-hybridized carbons (Fsp3) is 0.188. The summed E-state index contributed by atoms with van der Waals surface area (Å²) in [5.74, 6) is -0.637. The lowest BCUT2D eigenvalue weighted by Crippen LogP contribution is -2.07. The number of anilines is 3. The smallest absolute Gasteiger partial charge is 0.229 e. The first-order chi connectivity index (χ1) is 11.6. The van der Waals surface area contributed by atoms with Gasteiger partial charge in [0.05, 0.1) is 18.1 Å². The van der Waals surface area contributed by atoms with Crippen LogP contribution in [-0.4, -0.2) is 19.7 Å². The predicted octanol–water partition coefficient (Wildman–Crippen LogP) is 3.33. The second kappa shape index (κ2) is 7.03. The second-order valence-electron chi connectivity index (χ2n) is 5.08. The van der Waals surface area contributed by atoms with Crippen LogP contribution in [-0.2, 0) is 13.1 Å². The molecule has 8 heteroatoms. The molecular formula is C16H16F2N6. The zero-order valence-electron chi connectivity index (χ0n) is 13.0. The van der Waals surface area contributed by atoms with Gasteiger partial charge in [0, 0.05) is 19.3 Å². The van der Waals surface area contributed by atoms with Crippen molar-refractivity contribution in [1.82, 2.24) is 19.7 Å². The van der Waals surface area contributed by atoms with Crippen LogP contribution >= 0.6 is 0 Å². The Hall–Kier alpha value is -3.03. The van der Waals surface area contributed by atoms with E-state index < -0.39 is 5.82 Å². The number of hydrogen-bond donors (Lipinski definition) is 2. The molecule has 0 saturated heterocycles. The van der Waals surface area contributed by atoms with Crippen LogP contribution in [0.2, 0.25) is 0 Å². The summed E-state index contributed by atoms with van der Waals surface area (Å²) in [6, 6.07) is 6.08. The van der Waals surface area contributed by atoms with E-state index in [4.69, 9.17) is 0 Å². The van der Waals surface area contributed by atoms with E-state index in [-0.39, 0.29) is 24.1 Å². The van der Waals surface area contributed by atoms with Crippen molar-refractivity contribution < 1.29 is 8.78 Å². The SMILES string of the molecule is CCn1cc(Nc2ncc(F)c(NCc3cccc(F)c3)n2)cn1. The number of benzene rings is 1. The van der Waals surface area contributed by atoms with Gasteiger partial charge < -0.3 is 10.6 Å². The molecule has 0 radical (unpaired) electrons. The van der Waals surface area contributed by atoms with Crippen molar-refractivity contribution in [3.05, 3.63) is 60.1 Å². The van der Waals surface area contributed by atoms with Gasteiger partial charge in [-0.25, -0.2) is 13.8 Å². The normalized spacial score (nSPS) is 10.6. The summed E-state index contributed by atoms with van der Waals surface area (Å²) in [6.07, 6.45) is 4.51. The average molecular weight is 330 g/mol. The summed E-state index contributed by atoms with van der Waals surface area (Å²) in [7, 11) is 0. The molecule has 2 N–H and O–H groups in total. The third kappa shape index (κ3) is 3.83. The summed E-state index contributed by atoms with van der Waals surface area (Å²) in [4.78, 5) is 8.01. The predicted molar refractivity (Wildman–Crippen MR) is 86.9 cm³/mol. The monoisotopic (exact) mass is 330 g/mol. The Morgan fingerprint density at radius 1 is 1.21 bits per heavy atom. The van der Waals surface area contributed by atoms with Crippen molar-refractivity contribution >= 4 is 17.5 Å².